The van der Waals surface area contributed by atoms with E-state index in [-0.39, 0.29) is 19.0 Å². The van der Waals surface area contributed by atoms with Crippen LogP contribution in [0, 0.1) is 17.7 Å². The number of aromatic nitrogens is 2. The number of aliphatic carboxylic acids is 1. The van der Waals surface area contributed by atoms with Gasteiger partial charge in [-0.1, -0.05) is 30.3 Å². The number of rotatable bonds is 11. The first-order chi connectivity index (χ1) is 17.0. The summed E-state index contributed by atoms with van der Waals surface area (Å²) in [6.07, 6.45) is 4.05. The van der Waals surface area contributed by atoms with Crippen LogP contribution in [-0.4, -0.2) is 51.5 Å². The van der Waals surface area contributed by atoms with E-state index in [1.807, 2.05) is 18.2 Å². The molecule has 8 heteroatoms. The van der Waals surface area contributed by atoms with E-state index in [0.717, 1.165) is 59.6 Å². The van der Waals surface area contributed by atoms with Crippen molar-refractivity contribution in [2.75, 3.05) is 25.6 Å². The van der Waals surface area contributed by atoms with E-state index in [4.69, 9.17) is 14.9 Å². The highest BCUT2D eigenvalue weighted by atomic mass is 32.2. The molecule has 0 saturated heterocycles. The Balaban J connectivity index is 1.59. The van der Waals surface area contributed by atoms with E-state index in [1.165, 1.54) is 12.1 Å². The summed E-state index contributed by atoms with van der Waals surface area (Å²) in [6.45, 7) is 1.08. The van der Waals surface area contributed by atoms with Gasteiger partial charge in [0.1, 0.15) is 23.1 Å². The molecule has 2 N–H and O–H groups in total. The topological polar surface area (TPSA) is 84.6 Å². The molecule has 1 aliphatic rings. The lowest BCUT2D eigenvalue weighted by atomic mass is 9.82. The van der Waals surface area contributed by atoms with Crippen LogP contribution in [0.15, 0.2) is 59.6 Å². The Morgan fingerprint density at radius 2 is 1.71 bits per heavy atom. The lowest BCUT2D eigenvalue weighted by Crippen LogP contribution is -2.23. The standard InChI is InChI=1S/C27H31FN2O4S/c28-23-12-10-22(11-13-23)26-25(21-4-2-1-3-5-21)27(35-15-14-31)30(29-26)16-19-6-8-20(9-7-19)17-34-18-24(32)33/h1-5,10-13,19-20,31H,6-9,14-18H2,(H,32,33)/t19-,20+. The van der Waals surface area contributed by atoms with Crippen LogP contribution in [0.1, 0.15) is 25.7 Å². The van der Waals surface area contributed by atoms with Gasteiger partial charge in [-0.15, -0.1) is 11.8 Å². The number of carbonyl (C=O) groups is 1. The van der Waals surface area contributed by atoms with E-state index in [0.29, 0.717) is 24.2 Å². The maximum absolute atomic E-state index is 13.6. The van der Waals surface area contributed by atoms with Crippen LogP contribution in [-0.2, 0) is 16.1 Å². The van der Waals surface area contributed by atoms with E-state index in [2.05, 4.69) is 16.8 Å². The van der Waals surface area contributed by atoms with Gasteiger partial charge in [0.05, 0.1) is 13.2 Å². The molecule has 0 radical (unpaired) electrons. The molecule has 0 atom stereocenters. The summed E-state index contributed by atoms with van der Waals surface area (Å²) < 4.78 is 21.0. The largest absolute Gasteiger partial charge is 0.480 e. The molecule has 3 aromatic rings. The second-order valence-corrected chi connectivity index (χ2v) is 10.0. The second kappa shape index (κ2) is 12.3. The van der Waals surface area contributed by atoms with E-state index in [1.54, 1.807) is 23.9 Å². The maximum Gasteiger partial charge on any atom is 0.329 e. The van der Waals surface area contributed by atoms with Crippen molar-refractivity contribution in [1.29, 1.82) is 0 Å². The highest BCUT2D eigenvalue weighted by Gasteiger charge is 2.26. The van der Waals surface area contributed by atoms with Crippen LogP contribution in [0.3, 0.4) is 0 Å². The fourth-order valence-corrected chi connectivity index (χ4v) is 5.58. The molecule has 6 nitrogen and oxygen atoms in total. The van der Waals surface area contributed by atoms with Gasteiger partial charge in [-0.25, -0.2) is 9.18 Å². The summed E-state index contributed by atoms with van der Waals surface area (Å²) >= 11 is 1.59. The number of nitrogens with zero attached hydrogens (tertiary/aromatic N) is 2. The number of hydrogen-bond acceptors (Lipinski definition) is 5. The van der Waals surface area contributed by atoms with E-state index >= 15 is 0 Å². The molecule has 35 heavy (non-hydrogen) atoms. The minimum atomic E-state index is -0.934. The molecule has 2 aromatic carbocycles. The zero-order chi connectivity index (χ0) is 24.6. The molecule has 4 rings (SSSR count). The predicted octanol–water partition coefficient (Wildman–Crippen LogP) is 5.35. The van der Waals surface area contributed by atoms with E-state index in [9.17, 15) is 14.3 Å². The van der Waals surface area contributed by atoms with Crippen molar-refractivity contribution in [3.05, 3.63) is 60.4 Å². The molecular formula is C27H31FN2O4S. The van der Waals surface area contributed by atoms with Crippen LogP contribution in [0.2, 0.25) is 0 Å². The fraction of sp³-hybridized carbons (Fsp3) is 0.407. The van der Waals surface area contributed by atoms with Crippen LogP contribution in [0.5, 0.6) is 0 Å². The number of ether oxygens (including phenoxy) is 1. The number of halogens is 1. The maximum atomic E-state index is 13.6. The fourth-order valence-electron chi connectivity index (χ4n) is 4.67. The van der Waals surface area contributed by atoms with Crippen molar-refractivity contribution in [2.24, 2.45) is 11.8 Å². The number of benzene rings is 2. The van der Waals surface area contributed by atoms with Gasteiger partial charge in [0, 0.05) is 23.4 Å². The van der Waals surface area contributed by atoms with Crippen molar-refractivity contribution in [3.8, 4) is 22.4 Å². The van der Waals surface area contributed by atoms with Crippen molar-refractivity contribution in [2.45, 2.75) is 37.3 Å². The number of carboxylic acids is 1. The molecular weight excluding hydrogens is 467 g/mol. The second-order valence-electron chi connectivity index (χ2n) is 8.95. The monoisotopic (exact) mass is 498 g/mol. The minimum Gasteiger partial charge on any atom is -0.480 e. The lowest BCUT2D eigenvalue weighted by molar-refractivity contribution is -0.142. The molecule has 1 aliphatic carbocycles. The number of aliphatic hydroxyl groups is 1. The third-order valence-electron chi connectivity index (χ3n) is 6.39. The SMILES string of the molecule is O=C(O)COC[C@H]1CC[C@@H](Cn2nc(-c3ccc(F)cc3)c(-c3ccccc3)c2SCCO)CC1. The van der Waals surface area contributed by atoms with Gasteiger partial charge in [-0.2, -0.15) is 5.10 Å². The zero-order valence-electron chi connectivity index (χ0n) is 19.6. The van der Waals surface area contributed by atoms with Gasteiger partial charge in [0.2, 0.25) is 0 Å². The number of thioether (sulfide) groups is 1. The number of hydrogen-bond donors (Lipinski definition) is 2. The van der Waals surface area contributed by atoms with Crippen LogP contribution in [0.25, 0.3) is 22.4 Å². The predicted molar refractivity (Wildman–Crippen MR) is 135 cm³/mol. The van der Waals surface area contributed by atoms with Crippen LogP contribution in [0.4, 0.5) is 4.39 Å². The Morgan fingerprint density at radius 1 is 1.03 bits per heavy atom. The summed E-state index contributed by atoms with van der Waals surface area (Å²) in [7, 11) is 0. The van der Waals surface area contributed by atoms with Crippen molar-refractivity contribution >= 4 is 17.7 Å². The molecule has 0 unspecified atom stereocenters. The Morgan fingerprint density at radius 3 is 2.37 bits per heavy atom. The van der Waals surface area contributed by atoms with Gasteiger partial charge in [0.15, 0.2) is 0 Å². The zero-order valence-corrected chi connectivity index (χ0v) is 20.4. The van der Waals surface area contributed by atoms with Crippen LogP contribution >= 0.6 is 11.8 Å². The number of carboxylic acid groups (broad SMARTS) is 1. The third-order valence-corrected chi connectivity index (χ3v) is 7.47. The summed E-state index contributed by atoms with van der Waals surface area (Å²) in [5, 5.41) is 24.4. The molecule has 1 fully saturated rings. The molecule has 0 amide bonds. The molecule has 1 heterocycles. The normalized spacial score (nSPS) is 18.0. The number of aliphatic hydroxyl groups excluding tert-OH is 1. The molecule has 0 spiro atoms. The van der Waals surface area contributed by atoms with Gasteiger partial charge >= 0.3 is 5.97 Å². The van der Waals surface area contributed by atoms with Gasteiger partial charge < -0.3 is 14.9 Å². The molecule has 1 aromatic heterocycles. The average Bonchev–Trinajstić information content (AvgIpc) is 3.22. The first kappa shape index (κ1) is 25.4. The first-order valence-corrected chi connectivity index (χ1v) is 13.0. The van der Waals surface area contributed by atoms with Crippen molar-refractivity contribution in [1.82, 2.24) is 9.78 Å². The minimum absolute atomic E-state index is 0.0669. The Bertz CT molecular complexity index is 1100. The molecule has 186 valence electrons. The van der Waals surface area contributed by atoms with Gasteiger partial charge in [-0.3, -0.25) is 4.68 Å². The summed E-state index contributed by atoms with van der Waals surface area (Å²) in [5.41, 5.74) is 3.71. The first-order valence-electron chi connectivity index (χ1n) is 12.0. The highest BCUT2D eigenvalue weighted by Crippen LogP contribution is 2.41. The molecule has 1 saturated carbocycles. The van der Waals surface area contributed by atoms with Gasteiger partial charge in [0.25, 0.3) is 0 Å². The van der Waals surface area contributed by atoms with E-state index < -0.39 is 5.97 Å². The van der Waals surface area contributed by atoms with Crippen molar-refractivity contribution in [3.63, 3.8) is 0 Å². The smallest absolute Gasteiger partial charge is 0.329 e. The summed E-state index contributed by atoms with van der Waals surface area (Å²) in [5.74, 6) is 0.178. The Hall–Kier alpha value is -2.68. The summed E-state index contributed by atoms with van der Waals surface area (Å²) in [4.78, 5) is 10.7. The Kier molecular flexibility index (Phi) is 8.95. The van der Waals surface area contributed by atoms with Crippen LogP contribution < -0.4 is 0 Å². The van der Waals surface area contributed by atoms with Crippen molar-refractivity contribution < 1.29 is 24.1 Å². The lowest BCUT2D eigenvalue weighted by Gasteiger charge is -2.28. The molecule has 0 bridgehead atoms. The average molecular weight is 499 g/mol. The Labute approximate surface area is 209 Å². The highest BCUT2D eigenvalue weighted by molar-refractivity contribution is 7.99. The molecule has 0 aliphatic heterocycles. The quantitative estimate of drug-likeness (QED) is 0.347. The third kappa shape index (κ3) is 6.72. The van der Waals surface area contributed by atoms with Gasteiger partial charge in [-0.05, 0) is 67.3 Å². The summed E-state index contributed by atoms with van der Waals surface area (Å²) in [6, 6.07) is 16.5.